The first-order valence-corrected chi connectivity index (χ1v) is 10.7. The minimum Gasteiger partial charge on any atom is -0.366 e. The molecule has 0 aliphatic heterocycles. The molecule has 31 heavy (non-hydrogen) atoms. The summed E-state index contributed by atoms with van der Waals surface area (Å²) in [4.78, 5) is 28.8. The van der Waals surface area contributed by atoms with Gasteiger partial charge in [0.2, 0.25) is 11.8 Å². The number of nitrogens with two attached hydrogens (primary N) is 1. The molecule has 1 atom stereocenters. The summed E-state index contributed by atoms with van der Waals surface area (Å²) in [5.41, 5.74) is 10.3. The predicted molar refractivity (Wildman–Crippen MR) is 125 cm³/mol. The lowest BCUT2D eigenvalue weighted by molar-refractivity contribution is -0.115. The monoisotopic (exact) mass is 430 g/mol. The van der Waals surface area contributed by atoms with Gasteiger partial charge in [-0.25, -0.2) is 4.98 Å². The Balaban J connectivity index is 1.58. The van der Waals surface area contributed by atoms with Crippen LogP contribution in [0.5, 0.6) is 0 Å². The van der Waals surface area contributed by atoms with E-state index in [0.717, 1.165) is 21.9 Å². The number of aryl methyl sites for hydroxylation is 1. The van der Waals surface area contributed by atoms with E-state index in [1.165, 1.54) is 17.3 Å². The zero-order valence-corrected chi connectivity index (χ0v) is 18.0. The smallest absolute Gasteiger partial charge is 0.248 e. The fourth-order valence-electron chi connectivity index (χ4n) is 3.20. The third-order valence-corrected chi connectivity index (χ3v) is 5.96. The standard InChI is InChI=1S/C24H22N4O2S/c1-15-7-13-19(14-8-15)28-21-6-4-3-5-20(21)27-24(28)31-16(2)23(30)26-18-11-9-17(10-12-18)22(25)29/h3-14,16H,1-2H3,(H2,25,29)(H,26,30)/t16-/m0/s1. The zero-order valence-electron chi connectivity index (χ0n) is 17.2. The third kappa shape index (κ3) is 4.46. The van der Waals surface area contributed by atoms with Crippen molar-refractivity contribution in [2.45, 2.75) is 24.3 Å². The van der Waals surface area contributed by atoms with E-state index in [2.05, 4.69) is 34.1 Å². The van der Waals surface area contributed by atoms with Gasteiger partial charge < -0.3 is 11.1 Å². The van der Waals surface area contributed by atoms with E-state index >= 15 is 0 Å². The van der Waals surface area contributed by atoms with Gasteiger partial charge in [0.15, 0.2) is 5.16 Å². The highest BCUT2D eigenvalue weighted by Gasteiger charge is 2.20. The van der Waals surface area contributed by atoms with Crippen LogP contribution in [0.2, 0.25) is 0 Å². The van der Waals surface area contributed by atoms with Crippen molar-refractivity contribution in [1.29, 1.82) is 0 Å². The normalized spacial score (nSPS) is 11.9. The van der Waals surface area contributed by atoms with E-state index in [9.17, 15) is 9.59 Å². The number of primary amides is 1. The van der Waals surface area contributed by atoms with Crippen LogP contribution in [0.4, 0.5) is 5.69 Å². The number of carbonyl (C=O) groups is 2. The van der Waals surface area contributed by atoms with E-state index < -0.39 is 11.2 Å². The molecule has 0 unspecified atom stereocenters. The number of imidazole rings is 1. The van der Waals surface area contributed by atoms with Crippen LogP contribution in [-0.2, 0) is 4.79 Å². The molecular formula is C24H22N4O2S. The Morgan fingerprint density at radius 2 is 1.68 bits per heavy atom. The van der Waals surface area contributed by atoms with Crippen LogP contribution in [0.3, 0.4) is 0 Å². The number of para-hydroxylation sites is 2. The molecule has 4 rings (SSSR count). The molecule has 0 radical (unpaired) electrons. The van der Waals surface area contributed by atoms with Gasteiger partial charge in [-0.2, -0.15) is 0 Å². The second-order valence-corrected chi connectivity index (χ2v) is 8.55. The van der Waals surface area contributed by atoms with Crippen molar-refractivity contribution in [3.63, 3.8) is 0 Å². The number of nitrogens with one attached hydrogen (secondary N) is 1. The second kappa shape index (κ2) is 8.65. The molecule has 0 aliphatic rings. The fraction of sp³-hybridized carbons (Fsp3) is 0.125. The quantitative estimate of drug-likeness (QED) is 0.439. The fourth-order valence-corrected chi connectivity index (χ4v) is 4.14. The predicted octanol–water partition coefficient (Wildman–Crippen LogP) is 4.55. The number of hydrogen-bond acceptors (Lipinski definition) is 4. The van der Waals surface area contributed by atoms with Gasteiger partial charge in [-0.15, -0.1) is 0 Å². The highest BCUT2D eigenvalue weighted by molar-refractivity contribution is 8.00. The molecule has 0 aliphatic carbocycles. The van der Waals surface area contributed by atoms with Gasteiger partial charge in [0.05, 0.1) is 16.3 Å². The molecule has 4 aromatic rings. The van der Waals surface area contributed by atoms with Gasteiger partial charge in [-0.3, -0.25) is 14.2 Å². The summed E-state index contributed by atoms with van der Waals surface area (Å²) in [6, 6.07) is 22.7. The maximum absolute atomic E-state index is 12.8. The number of thioether (sulfide) groups is 1. The van der Waals surface area contributed by atoms with E-state index in [0.29, 0.717) is 11.3 Å². The molecule has 156 valence electrons. The Bertz CT molecular complexity index is 1250. The molecule has 6 nitrogen and oxygen atoms in total. The number of fused-ring (bicyclic) bond motifs is 1. The molecule has 3 aromatic carbocycles. The number of benzene rings is 3. The summed E-state index contributed by atoms with van der Waals surface area (Å²) in [6.07, 6.45) is 0. The van der Waals surface area contributed by atoms with E-state index in [1.807, 2.05) is 38.1 Å². The summed E-state index contributed by atoms with van der Waals surface area (Å²) < 4.78 is 2.07. The Hall–Kier alpha value is -3.58. The molecular weight excluding hydrogens is 408 g/mol. The van der Waals surface area contributed by atoms with Crippen molar-refractivity contribution in [3.05, 3.63) is 83.9 Å². The third-order valence-electron chi connectivity index (χ3n) is 4.91. The van der Waals surface area contributed by atoms with Crippen molar-refractivity contribution >= 4 is 40.3 Å². The largest absolute Gasteiger partial charge is 0.366 e. The Kier molecular flexibility index (Phi) is 5.77. The Morgan fingerprint density at radius 1 is 1.00 bits per heavy atom. The van der Waals surface area contributed by atoms with Crippen molar-refractivity contribution in [2.24, 2.45) is 5.73 Å². The van der Waals surface area contributed by atoms with Crippen LogP contribution >= 0.6 is 11.8 Å². The number of nitrogens with zero attached hydrogens (tertiary/aromatic N) is 2. The highest BCUT2D eigenvalue weighted by atomic mass is 32.2. The van der Waals surface area contributed by atoms with Crippen molar-refractivity contribution in [3.8, 4) is 5.69 Å². The number of anilines is 1. The molecule has 0 bridgehead atoms. The molecule has 0 saturated carbocycles. The molecule has 0 saturated heterocycles. The SMILES string of the molecule is Cc1ccc(-n2c(S[C@@H](C)C(=O)Nc3ccc(C(N)=O)cc3)nc3ccccc32)cc1. The topological polar surface area (TPSA) is 90.0 Å². The lowest BCUT2D eigenvalue weighted by Gasteiger charge is -2.14. The highest BCUT2D eigenvalue weighted by Crippen LogP contribution is 2.31. The Morgan fingerprint density at radius 3 is 2.35 bits per heavy atom. The molecule has 2 amide bonds. The lowest BCUT2D eigenvalue weighted by atomic mass is 10.2. The number of amides is 2. The van der Waals surface area contributed by atoms with E-state index in [1.54, 1.807) is 24.3 Å². The lowest BCUT2D eigenvalue weighted by Crippen LogP contribution is -2.23. The molecule has 1 heterocycles. The van der Waals surface area contributed by atoms with Crippen molar-refractivity contribution < 1.29 is 9.59 Å². The maximum atomic E-state index is 12.8. The van der Waals surface area contributed by atoms with Gasteiger partial charge in [0, 0.05) is 16.9 Å². The average molecular weight is 431 g/mol. The summed E-state index contributed by atoms with van der Waals surface area (Å²) in [5, 5.41) is 3.23. The summed E-state index contributed by atoms with van der Waals surface area (Å²) >= 11 is 1.40. The first-order valence-electron chi connectivity index (χ1n) is 9.84. The van der Waals surface area contributed by atoms with E-state index in [-0.39, 0.29) is 5.91 Å². The van der Waals surface area contributed by atoms with Crippen molar-refractivity contribution in [2.75, 3.05) is 5.32 Å². The summed E-state index contributed by atoms with van der Waals surface area (Å²) in [5.74, 6) is -0.656. The zero-order chi connectivity index (χ0) is 22.0. The number of aromatic nitrogens is 2. The first kappa shape index (κ1) is 20.7. The number of hydrogen-bond donors (Lipinski definition) is 2. The number of carbonyl (C=O) groups excluding carboxylic acids is 2. The van der Waals surface area contributed by atoms with Gasteiger partial charge in [0.1, 0.15) is 0 Å². The van der Waals surface area contributed by atoms with Gasteiger partial charge in [0.25, 0.3) is 0 Å². The van der Waals surface area contributed by atoms with Gasteiger partial charge in [-0.1, -0.05) is 41.6 Å². The van der Waals surface area contributed by atoms with Crippen LogP contribution in [0.1, 0.15) is 22.8 Å². The summed E-state index contributed by atoms with van der Waals surface area (Å²) in [6.45, 7) is 3.89. The van der Waals surface area contributed by atoms with Crippen molar-refractivity contribution in [1.82, 2.24) is 9.55 Å². The second-order valence-electron chi connectivity index (χ2n) is 7.24. The molecule has 3 N–H and O–H groups in total. The average Bonchev–Trinajstić information content (AvgIpc) is 3.12. The van der Waals surface area contributed by atoms with Crippen LogP contribution in [0.15, 0.2) is 78.0 Å². The van der Waals surface area contributed by atoms with Gasteiger partial charge in [-0.05, 0) is 62.4 Å². The Labute approximate surface area is 184 Å². The summed E-state index contributed by atoms with van der Waals surface area (Å²) in [7, 11) is 0. The van der Waals surface area contributed by atoms with E-state index in [4.69, 9.17) is 10.7 Å². The minimum absolute atomic E-state index is 0.153. The van der Waals surface area contributed by atoms with Crippen LogP contribution < -0.4 is 11.1 Å². The van der Waals surface area contributed by atoms with Crippen LogP contribution in [-0.4, -0.2) is 26.6 Å². The first-order chi connectivity index (χ1) is 14.9. The molecule has 0 spiro atoms. The van der Waals surface area contributed by atoms with Gasteiger partial charge >= 0.3 is 0 Å². The molecule has 0 fully saturated rings. The maximum Gasteiger partial charge on any atom is 0.248 e. The van der Waals surface area contributed by atoms with Crippen LogP contribution in [0.25, 0.3) is 16.7 Å². The number of rotatable bonds is 6. The minimum atomic E-state index is -0.503. The van der Waals surface area contributed by atoms with Crippen LogP contribution in [0, 0.1) is 6.92 Å². The molecule has 1 aromatic heterocycles. The molecule has 7 heteroatoms.